The molecular formula is C8H4BrNO3S. The molecule has 0 bridgehead atoms. The Kier molecular flexibility index (Phi) is 2.39. The third-order valence-corrected chi connectivity index (χ3v) is 3.18. The summed E-state index contributed by atoms with van der Waals surface area (Å²) in [5, 5.41) is 12.0. The van der Waals surface area contributed by atoms with Gasteiger partial charge in [0.15, 0.2) is 11.5 Å². The fourth-order valence-electron chi connectivity index (χ4n) is 0.939. The van der Waals surface area contributed by atoms with Gasteiger partial charge in [0.1, 0.15) is 0 Å². The van der Waals surface area contributed by atoms with Gasteiger partial charge in [-0.2, -0.15) is 0 Å². The van der Waals surface area contributed by atoms with Crippen molar-refractivity contribution in [2.24, 2.45) is 0 Å². The summed E-state index contributed by atoms with van der Waals surface area (Å²) in [7, 11) is 0. The van der Waals surface area contributed by atoms with Crippen molar-refractivity contribution in [3.63, 3.8) is 0 Å². The standard InChI is InChI=1S/C8H4BrNO3S/c9-7-2-1-6(14-7)5-3-4(8(11)12)10-13-5/h1-3H,(H,11,12). The predicted octanol–water partition coefficient (Wildman–Crippen LogP) is 2.86. The maximum atomic E-state index is 10.5. The number of hydrogen-bond donors (Lipinski definition) is 1. The first kappa shape index (κ1) is 9.42. The number of carbonyl (C=O) groups is 1. The molecule has 4 nitrogen and oxygen atoms in total. The first-order valence-electron chi connectivity index (χ1n) is 3.62. The van der Waals surface area contributed by atoms with E-state index < -0.39 is 5.97 Å². The van der Waals surface area contributed by atoms with Gasteiger partial charge < -0.3 is 9.63 Å². The summed E-state index contributed by atoms with van der Waals surface area (Å²) in [5.74, 6) is -0.617. The lowest BCUT2D eigenvalue weighted by atomic mass is 10.3. The van der Waals surface area contributed by atoms with Crippen molar-refractivity contribution in [3.05, 3.63) is 27.7 Å². The molecule has 1 N–H and O–H groups in total. The molecule has 2 heterocycles. The molecule has 0 aliphatic rings. The Morgan fingerprint density at radius 3 is 2.86 bits per heavy atom. The highest BCUT2D eigenvalue weighted by Gasteiger charge is 2.13. The monoisotopic (exact) mass is 273 g/mol. The van der Waals surface area contributed by atoms with E-state index in [0.717, 1.165) is 8.66 Å². The minimum atomic E-state index is -1.09. The summed E-state index contributed by atoms with van der Waals surface area (Å²) in [6, 6.07) is 5.10. The first-order chi connectivity index (χ1) is 6.66. The Hall–Kier alpha value is -1.14. The van der Waals surface area contributed by atoms with Crippen LogP contribution in [0.25, 0.3) is 10.6 Å². The van der Waals surface area contributed by atoms with Gasteiger partial charge in [0.2, 0.25) is 0 Å². The van der Waals surface area contributed by atoms with Crippen LogP contribution in [0, 0.1) is 0 Å². The zero-order valence-electron chi connectivity index (χ0n) is 6.73. The molecule has 2 aromatic rings. The van der Waals surface area contributed by atoms with Gasteiger partial charge in [-0.15, -0.1) is 11.3 Å². The van der Waals surface area contributed by atoms with Crippen LogP contribution in [0.4, 0.5) is 0 Å². The third-order valence-electron chi connectivity index (χ3n) is 1.55. The number of aromatic carboxylic acids is 1. The minimum Gasteiger partial charge on any atom is -0.476 e. The van der Waals surface area contributed by atoms with E-state index in [1.165, 1.54) is 17.4 Å². The summed E-state index contributed by atoms with van der Waals surface area (Å²) in [6.07, 6.45) is 0. The summed E-state index contributed by atoms with van der Waals surface area (Å²) in [5.41, 5.74) is -0.0791. The number of carboxylic acid groups (broad SMARTS) is 1. The van der Waals surface area contributed by atoms with E-state index in [2.05, 4.69) is 21.1 Å². The number of thiophene rings is 1. The Morgan fingerprint density at radius 2 is 2.36 bits per heavy atom. The molecule has 0 unspecified atom stereocenters. The number of aromatic nitrogens is 1. The highest BCUT2D eigenvalue weighted by atomic mass is 79.9. The van der Waals surface area contributed by atoms with Crippen molar-refractivity contribution in [1.82, 2.24) is 5.16 Å². The number of nitrogens with zero attached hydrogens (tertiary/aromatic N) is 1. The van der Waals surface area contributed by atoms with E-state index in [-0.39, 0.29) is 5.69 Å². The normalized spacial score (nSPS) is 10.4. The molecule has 14 heavy (non-hydrogen) atoms. The van der Waals surface area contributed by atoms with Crippen molar-refractivity contribution in [1.29, 1.82) is 0 Å². The van der Waals surface area contributed by atoms with Crippen LogP contribution < -0.4 is 0 Å². The Morgan fingerprint density at radius 1 is 1.57 bits per heavy atom. The summed E-state index contributed by atoms with van der Waals surface area (Å²) < 4.78 is 5.84. The van der Waals surface area contributed by atoms with Crippen molar-refractivity contribution in [3.8, 4) is 10.6 Å². The van der Waals surface area contributed by atoms with Crippen LogP contribution in [0.15, 0.2) is 26.5 Å². The molecule has 2 aromatic heterocycles. The second-order valence-corrected chi connectivity index (χ2v) is 4.95. The minimum absolute atomic E-state index is 0.0791. The van der Waals surface area contributed by atoms with Gasteiger partial charge in [0.05, 0.1) is 8.66 Å². The smallest absolute Gasteiger partial charge is 0.358 e. The molecular weight excluding hydrogens is 270 g/mol. The third kappa shape index (κ3) is 1.71. The molecule has 0 saturated heterocycles. The second-order valence-electron chi connectivity index (χ2n) is 2.49. The van der Waals surface area contributed by atoms with Gasteiger partial charge in [-0.25, -0.2) is 4.79 Å². The zero-order chi connectivity index (χ0) is 10.1. The molecule has 0 amide bonds. The summed E-state index contributed by atoms with van der Waals surface area (Å²) in [6.45, 7) is 0. The Labute approximate surface area is 91.3 Å². The van der Waals surface area contributed by atoms with Crippen LogP contribution >= 0.6 is 27.3 Å². The van der Waals surface area contributed by atoms with E-state index in [0.29, 0.717) is 5.76 Å². The molecule has 2 rings (SSSR count). The van der Waals surface area contributed by atoms with Crippen LogP contribution in [-0.2, 0) is 0 Å². The molecule has 0 aliphatic carbocycles. The SMILES string of the molecule is O=C(O)c1cc(-c2ccc(Br)s2)on1. The average molecular weight is 274 g/mol. The first-order valence-corrected chi connectivity index (χ1v) is 5.23. The zero-order valence-corrected chi connectivity index (χ0v) is 9.13. The predicted molar refractivity (Wildman–Crippen MR) is 54.5 cm³/mol. The number of halogens is 1. The number of carboxylic acids is 1. The van der Waals surface area contributed by atoms with E-state index in [9.17, 15) is 4.79 Å². The largest absolute Gasteiger partial charge is 0.476 e. The van der Waals surface area contributed by atoms with Crippen molar-refractivity contribution >= 4 is 33.2 Å². The molecule has 0 fully saturated rings. The highest BCUT2D eigenvalue weighted by Crippen LogP contribution is 2.31. The molecule has 0 aliphatic heterocycles. The van der Waals surface area contributed by atoms with Crippen LogP contribution in [0.1, 0.15) is 10.5 Å². The van der Waals surface area contributed by atoms with Crippen molar-refractivity contribution in [2.75, 3.05) is 0 Å². The van der Waals surface area contributed by atoms with Crippen LogP contribution in [0.3, 0.4) is 0 Å². The summed E-state index contributed by atoms with van der Waals surface area (Å²) in [4.78, 5) is 11.4. The van der Waals surface area contributed by atoms with E-state index in [4.69, 9.17) is 9.63 Å². The Balaban J connectivity index is 2.38. The molecule has 0 atom stereocenters. The second kappa shape index (κ2) is 3.55. The molecule has 0 aromatic carbocycles. The topological polar surface area (TPSA) is 63.3 Å². The van der Waals surface area contributed by atoms with Gasteiger partial charge in [-0.05, 0) is 28.1 Å². The van der Waals surface area contributed by atoms with Gasteiger partial charge >= 0.3 is 5.97 Å². The van der Waals surface area contributed by atoms with Crippen LogP contribution in [0.2, 0.25) is 0 Å². The molecule has 0 spiro atoms. The molecule has 72 valence electrons. The number of hydrogen-bond acceptors (Lipinski definition) is 4. The lowest BCUT2D eigenvalue weighted by Gasteiger charge is -1.83. The Bertz CT molecular complexity index is 476. The maximum absolute atomic E-state index is 10.5. The van der Waals surface area contributed by atoms with Gasteiger partial charge in [0.25, 0.3) is 0 Å². The van der Waals surface area contributed by atoms with E-state index in [1.54, 1.807) is 0 Å². The fourth-order valence-corrected chi connectivity index (χ4v) is 2.27. The van der Waals surface area contributed by atoms with Crippen molar-refractivity contribution in [2.45, 2.75) is 0 Å². The summed E-state index contributed by atoms with van der Waals surface area (Å²) >= 11 is 4.76. The maximum Gasteiger partial charge on any atom is 0.358 e. The van der Waals surface area contributed by atoms with E-state index >= 15 is 0 Å². The number of rotatable bonds is 2. The average Bonchev–Trinajstić information content (AvgIpc) is 2.70. The quantitative estimate of drug-likeness (QED) is 0.914. The molecule has 6 heteroatoms. The van der Waals surface area contributed by atoms with Crippen LogP contribution in [-0.4, -0.2) is 16.2 Å². The fraction of sp³-hybridized carbons (Fsp3) is 0. The van der Waals surface area contributed by atoms with Crippen LogP contribution in [0.5, 0.6) is 0 Å². The van der Waals surface area contributed by atoms with E-state index in [1.807, 2.05) is 12.1 Å². The van der Waals surface area contributed by atoms with Gasteiger partial charge in [0, 0.05) is 6.07 Å². The highest BCUT2D eigenvalue weighted by molar-refractivity contribution is 9.11. The lowest BCUT2D eigenvalue weighted by Crippen LogP contribution is -1.94. The molecule has 0 radical (unpaired) electrons. The molecule has 0 saturated carbocycles. The van der Waals surface area contributed by atoms with Gasteiger partial charge in [-0.3, -0.25) is 0 Å². The van der Waals surface area contributed by atoms with Crippen molar-refractivity contribution < 1.29 is 14.4 Å². The van der Waals surface area contributed by atoms with Gasteiger partial charge in [-0.1, -0.05) is 5.16 Å². The lowest BCUT2D eigenvalue weighted by molar-refractivity contribution is 0.0686.